The molecule has 0 aliphatic carbocycles. The van der Waals surface area contributed by atoms with Crippen molar-refractivity contribution < 1.29 is 9.18 Å². The molecular formula is C15H13ClFN3O. The first kappa shape index (κ1) is 15.0. The van der Waals surface area contributed by atoms with Gasteiger partial charge in [-0.15, -0.1) is 0 Å². The van der Waals surface area contributed by atoms with E-state index in [1.807, 2.05) is 0 Å². The van der Waals surface area contributed by atoms with Crippen LogP contribution in [0.4, 0.5) is 10.1 Å². The monoisotopic (exact) mass is 305 g/mol. The molecule has 2 aromatic carbocycles. The third-order valence-electron chi connectivity index (χ3n) is 2.58. The molecule has 4 nitrogen and oxygen atoms in total. The molecule has 0 fully saturated rings. The van der Waals surface area contributed by atoms with Crippen LogP contribution >= 0.6 is 11.6 Å². The minimum atomic E-state index is -0.396. The van der Waals surface area contributed by atoms with Crippen molar-refractivity contribution in [1.82, 2.24) is 5.43 Å². The molecule has 0 aliphatic rings. The van der Waals surface area contributed by atoms with Crippen LogP contribution in [0, 0.1) is 5.82 Å². The number of hydrogen-bond donors (Lipinski definition) is 2. The van der Waals surface area contributed by atoms with Gasteiger partial charge in [0, 0.05) is 16.3 Å². The lowest BCUT2D eigenvalue weighted by atomic mass is 10.2. The zero-order valence-corrected chi connectivity index (χ0v) is 11.8. The zero-order valence-electron chi connectivity index (χ0n) is 11.0. The van der Waals surface area contributed by atoms with E-state index in [4.69, 9.17) is 11.6 Å². The molecule has 0 heterocycles. The highest BCUT2D eigenvalue weighted by Gasteiger charge is 2.00. The maximum Gasteiger partial charge on any atom is 0.259 e. The Labute approximate surface area is 126 Å². The number of hydrazone groups is 1. The minimum absolute atomic E-state index is 0.0367. The first-order valence-electron chi connectivity index (χ1n) is 6.21. The topological polar surface area (TPSA) is 53.5 Å². The van der Waals surface area contributed by atoms with E-state index in [1.165, 1.54) is 12.3 Å². The van der Waals surface area contributed by atoms with Crippen molar-refractivity contribution in [1.29, 1.82) is 0 Å². The van der Waals surface area contributed by atoms with Crippen molar-refractivity contribution in [3.8, 4) is 0 Å². The van der Waals surface area contributed by atoms with E-state index in [2.05, 4.69) is 15.8 Å². The van der Waals surface area contributed by atoms with Gasteiger partial charge in [-0.25, -0.2) is 9.82 Å². The zero-order chi connectivity index (χ0) is 15.1. The lowest BCUT2D eigenvalue weighted by molar-refractivity contribution is -0.119. The van der Waals surface area contributed by atoms with Gasteiger partial charge in [-0.05, 0) is 24.3 Å². The molecule has 0 bridgehead atoms. The van der Waals surface area contributed by atoms with Crippen molar-refractivity contribution in [2.45, 2.75) is 0 Å². The fourth-order valence-electron chi connectivity index (χ4n) is 1.57. The van der Waals surface area contributed by atoms with Crippen LogP contribution in [0.3, 0.4) is 0 Å². The highest BCUT2D eigenvalue weighted by atomic mass is 35.5. The molecule has 6 heteroatoms. The Kier molecular flexibility index (Phi) is 5.29. The average molecular weight is 306 g/mol. The number of benzene rings is 2. The number of anilines is 1. The maximum absolute atomic E-state index is 13.3. The van der Waals surface area contributed by atoms with Crippen LogP contribution < -0.4 is 10.7 Å². The summed E-state index contributed by atoms with van der Waals surface area (Å²) in [5.41, 5.74) is 3.35. The van der Waals surface area contributed by atoms with E-state index in [0.29, 0.717) is 10.6 Å². The summed E-state index contributed by atoms with van der Waals surface area (Å²) in [4.78, 5) is 11.6. The Hall–Kier alpha value is -2.40. The standard InChI is InChI=1S/C15H13ClFN3O/c16-12-5-3-6-13(8-12)18-10-15(21)20-19-9-11-4-1-2-7-14(11)17/h1-9,18H,10H2,(H,20,21)/b19-9-. The van der Waals surface area contributed by atoms with Crippen LogP contribution in [0.5, 0.6) is 0 Å². The van der Waals surface area contributed by atoms with Crippen molar-refractivity contribution in [2.75, 3.05) is 11.9 Å². The van der Waals surface area contributed by atoms with Crippen molar-refractivity contribution in [2.24, 2.45) is 5.10 Å². The number of nitrogens with one attached hydrogen (secondary N) is 2. The Morgan fingerprint density at radius 1 is 1.24 bits per heavy atom. The van der Waals surface area contributed by atoms with Gasteiger partial charge in [-0.1, -0.05) is 35.9 Å². The van der Waals surface area contributed by atoms with Gasteiger partial charge < -0.3 is 5.32 Å². The van der Waals surface area contributed by atoms with Crippen LogP contribution in [0.25, 0.3) is 0 Å². The normalized spacial score (nSPS) is 10.6. The van der Waals surface area contributed by atoms with E-state index in [0.717, 1.165) is 5.69 Å². The summed E-state index contributed by atoms with van der Waals surface area (Å²) in [6.07, 6.45) is 1.26. The van der Waals surface area contributed by atoms with Crippen molar-refractivity contribution in [3.63, 3.8) is 0 Å². The summed E-state index contributed by atoms with van der Waals surface area (Å²) >= 11 is 5.83. The molecule has 21 heavy (non-hydrogen) atoms. The second-order valence-electron chi connectivity index (χ2n) is 4.18. The lowest BCUT2D eigenvalue weighted by Crippen LogP contribution is -2.25. The quantitative estimate of drug-likeness (QED) is 0.659. The number of halogens is 2. The number of nitrogens with zero attached hydrogens (tertiary/aromatic N) is 1. The number of rotatable bonds is 5. The van der Waals surface area contributed by atoms with Gasteiger partial charge in [0.05, 0.1) is 12.8 Å². The number of amides is 1. The average Bonchev–Trinajstić information content (AvgIpc) is 2.47. The third kappa shape index (κ3) is 4.89. The van der Waals surface area contributed by atoms with Gasteiger partial charge in [-0.2, -0.15) is 5.10 Å². The van der Waals surface area contributed by atoms with E-state index >= 15 is 0 Å². The Morgan fingerprint density at radius 3 is 2.81 bits per heavy atom. The molecular weight excluding hydrogens is 293 g/mol. The van der Waals surface area contributed by atoms with Crippen LogP contribution in [0.2, 0.25) is 5.02 Å². The molecule has 2 aromatic rings. The molecule has 2 rings (SSSR count). The smallest absolute Gasteiger partial charge is 0.259 e. The highest BCUT2D eigenvalue weighted by molar-refractivity contribution is 6.30. The summed E-state index contributed by atoms with van der Waals surface area (Å²) in [6.45, 7) is 0.0367. The molecule has 0 saturated heterocycles. The fraction of sp³-hybridized carbons (Fsp3) is 0.0667. The van der Waals surface area contributed by atoms with Crippen molar-refractivity contribution in [3.05, 3.63) is 64.9 Å². The maximum atomic E-state index is 13.3. The molecule has 0 radical (unpaired) electrons. The van der Waals surface area contributed by atoms with Gasteiger partial charge in [0.25, 0.3) is 5.91 Å². The SMILES string of the molecule is O=C(CNc1cccc(Cl)c1)N/N=C\c1ccccc1F. The van der Waals surface area contributed by atoms with Gasteiger partial charge in [0.15, 0.2) is 0 Å². The largest absolute Gasteiger partial charge is 0.376 e. The van der Waals surface area contributed by atoms with Crippen LogP contribution in [-0.2, 0) is 4.79 Å². The van der Waals surface area contributed by atoms with Crippen LogP contribution in [0.1, 0.15) is 5.56 Å². The summed E-state index contributed by atoms with van der Waals surface area (Å²) in [5.74, 6) is -0.741. The summed E-state index contributed by atoms with van der Waals surface area (Å²) in [7, 11) is 0. The molecule has 1 amide bonds. The van der Waals surface area contributed by atoms with E-state index < -0.39 is 5.82 Å². The first-order valence-corrected chi connectivity index (χ1v) is 6.59. The van der Waals surface area contributed by atoms with Gasteiger partial charge in [0.1, 0.15) is 5.82 Å². The third-order valence-corrected chi connectivity index (χ3v) is 2.81. The minimum Gasteiger partial charge on any atom is -0.376 e. The van der Waals surface area contributed by atoms with Crippen LogP contribution in [-0.4, -0.2) is 18.7 Å². The van der Waals surface area contributed by atoms with E-state index in [9.17, 15) is 9.18 Å². The Bertz CT molecular complexity index is 661. The number of hydrogen-bond acceptors (Lipinski definition) is 3. The van der Waals surface area contributed by atoms with Gasteiger partial charge in [-0.3, -0.25) is 4.79 Å². The number of carbonyl (C=O) groups is 1. The Morgan fingerprint density at radius 2 is 2.05 bits per heavy atom. The summed E-state index contributed by atoms with van der Waals surface area (Å²) < 4.78 is 13.3. The molecule has 0 spiro atoms. The molecule has 0 unspecified atom stereocenters. The summed E-state index contributed by atoms with van der Waals surface area (Å²) in [5, 5.41) is 7.18. The van der Waals surface area contributed by atoms with Crippen molar-refractivity contribution >= 4 is 29.4 Å². The highest BCUT2D eigenvalue weighted by Crippen LogP contribution is 2.14. The van der Waals surface area contributed by atoms with Crippen LogP contribution in [0.15, 0.2) is 53.6 Å². The first-order chi connectivity index (χ1) is 10.1. The summed E-state index contributed by atoms with van der Waals surface area (Å²) in [6, 6.07) is 13.2. The molecule has 2 N–H and O–H groups in total. The van der Waals surface area contributed by atoms with E-state index in [1.54, 1.807) is 42.5 Å². The lowest BCUT2D eigenvalue weighted by Gasteiger charge is -2.05. The van der Waals surface area contributed by atoms with E-state index in [-0.39, 0.29) is 12.5 Å². The van der Waals surface area contributed by atoms with Gasteiger partial charge in [0.2, 0.25) is 0 Å². The van der Waals surface area contributed by atoms with Gasteiger partial charge >= 0.3 is 0 Å². The molecule has 0 aliphatic heterocycles. The molecule has 108 valence electrons. The molecule has 0 aromatic heterocycles. The second kappa shape index (κ2) is 7.40. The predicted octanol–water partition coefficient (Wildman–Crippen LogP) is 3.04. The molecule has 0 atom stereocenters. The Balaban J connectivity index is 1.81. The second-order valence-corrected chi connectivity index (χ2v) is 4.62. The predicted molar refractivity (Wildman–Crippen MR) is 82.1 cm³/mol. The molecule has 0 saturated carbocycles. The number of carbonyl (C=O) groups excluding carboxylic acids is 1. The fourth-order valence-corrected chi connectivity index (χ4v) is 1.76.